The van der Waals surface area contributed by atoms with Gasteiger partial charge in [0.15, 0.2) is 0 Å². The van der Waals surface area contributed by atoms with E-state index in [4.69, 9.17) is 75.8 Å². The van der Waals surface area contributed by atoms with E-state index in [1.54, 1.807) is 82.4 Å². The lowest BCUT2D eigenvalue weighted by Gasteiger charge is -2.39. The minimum atomic E-state index is -1.70. The monoisotopic (exact) mass is 1960 g/mol. The third-order valence-corrected chi connectivity index (χ3v) is 24.9. The van der Waals surface area contributed by atoms with Crippen LogP contribution in [0.1, 0.15) is 263 Å². The molecular formula is C99H157N3O36. The van der Waals surface area contributed by atoms with Crippen molar-refractivity contribution >= 4 is 119 Å². The van der Waals surface area contributed by atoms with Gasteiger partial charge in [-0.25, -0.2) is 0 Å². The Morgan fingerprint density at radius 2 is 0.833 bits per heavy atom. The molecule has 7 saturated heterocycles. The minimum absolute atomic E-state index is 0. The molecule has 0 bridgehead atoms. The van der Waals surface area contributed by atoms with Gasteiger partial charge in [-0.2, -0.15) is 0 Å². The largest absolute Gasteiger partial charge is 0.490 e. The normalized spacial score (nSPS) is 20.8. The zero-order chi connectivity index (χ0) is 97.8. The van der Waals surface area contributed by atoms with Crippen LogP contribution < -0.4 is 4.74 Å². The zero-order valence-electron chi connectivity index (χ0n) is 78.5. The van der Waals surface area contributed by atoms with Gasteiger partial charge >= 0.3 is 83.6 Å². The molecule has 7 aliphatic heterocycles. The van der Waals surface area contributed by atoms with E-state index in [1.165, 1.54) is 34.6 Å². The van der Waals surface area contributed by atoms with Crippen LogP contribution in [0.2, 0.25) is 0 Å². The molecule has 7 fully saturated rings. The first-order valence-electron chi connectivity index (χ1n) is 45.5. The van der Waals surface area contributed by atoms with Crippen molar-refractivity contribution in [2.24, 2.45) is 63.1 Å². The molecule has 39 heteroatoms. The molecule has 0 aromatic heterocycles. The predicted octanol–water partition coefficient (Wildman–Crippen LogP) is 10.6. The maximum Gasteiger partial charge on any atom is 0.319 e. The van der Waals surface area contributed by atoms with Gasteiger partial charge in [-0.05, 0) is 157 Å². The van der Waals surface area contributed by atoms with Crippen molar-refractivity contribution in [3.63, 3.8) is 0 Å². The van der Waals surface area contributed by atoms with Crippen LogP contribution in [0.15, 0.2) is 30.3 Å². The number of carbonyl (C=O) groups excluding carboxylic acids is 20. The second-order valence-corrected chi connectivity index (χ2v) is 35.3. The number of para-hydroxylation sites is 1. The molecule has 784 valence electrons. The zero-order valence-corrected chi connectivity index (χ0v) is 78.5. The molecule has 0 spiro atoms. The van der Waals surface area contributed by atoms with Crippen molar-refractivity contribution < 1.29 is 172 Å². The average molecular weight is 1970 g/mol. The Balaban J connectivity index is 0.00000202. The molecule has 15 atom stereocenters. The number of ether oxygens (including phenoxy) is 16. The number of rotatable bonds is 56. The van der Waals surface area contributed by atoms with E-state index in [2.05, 4.69) is 0 Å². The SMILES string of the molecule is C.C.C.C.C.C.CCC(C1C(=O)OC(=O)C1C(C)(CCC(C)(CC)C(=O)OCCOCCOCCOC)C(=O)OCCOC(=O)CC(C)=O)N1CCCC1=O.CCC(C1C(=O)OC(=O)C1CC(CC(C)(C)C(=O)OCC1CO1)OC(=O)CC(C)=O)N1CCCC1=O.CCC(CCC(C)(C(=O)OCCOC(=O)CC(C)=O)C1C(=O)OC(=O)C1C(CC)N1CCCC1=O)C(=O)OCCOc1ccccc1. The summed E-state index contributed by atoms with van der Waals surface area (Å²) in [4.78, 5) is 258. The van der Waals surface area contributed by atoms with Gasteiger partial charge in [0.2, 0.25) is 17.7 Å². The maximum atomic E-state index is 13.9. The number of amides is 3. The molecule has 39 nitrogen and oxygen atoms in total. The quantitative estimate of drug-likeness (QED) is 0.0192. The highest BCUT2D eigenvalue weighted by Gasteiger charge is 2.64. The number of hydrogen-bond acceptors (Lipinski definition) is 36. The molecule has 15 unspecified atom stereocenters. The number of ketones is 3. The van der Waals surface area contributed by atoms with Gasteiger partial charge in [0, 0.05) is 64.1 Å². The molecule has 8 rings (SSSR count). The summed E-state index contributed by atoms with van der Waals surface area (Å²) in [7, 11) is 1.58. The van der Waals surface area contributed by atoms with Gasteiger partial charge in [-0.3, -0.25) is 95.9 Å². The Hall–Kier alpha value is -10.5. The van der Waals surface area contributed by atoms with Crippen LogP contribution in [0, 0.1) is 63.1 Å². The van der Waals surface area contributed by atoms with Crippen molar-refractivity contribution in [1.29, 1.82) is 0 Å². The summed E-state index contributed by atoms with van der Waals surface area (Å²) in [6.45, 7) is 23.0. The lowest BCUT2D eigenvalue weighted by molar-refractivity contribution is -0.170. The first kappa shape index (κ1) is 127. The number of nitrogens with zero attached hydrogens (tertiary/aromatic N) is 3. The second kappa shape index (κ2) is 61.8. The summed E-state index contributed by atoms with van der Waals surface area (Å²) >= 11 is 0. The summed E-state index contributed by atoms with van der Waals surface area (Å²) in [5.74, 6) is -19.0. The number of benzene rings is 1. The number of hydrogen-bond donors (Lipinski definition) is 0. The highest BCUT2D eigenvalue weighted by molar-refractivity contribution is 6.03. The first-order chi connectivity index (χ1) is 62.6. The van der Waals surface area contributed by atoms with Gasteiger partial charge in [0.05, 0.1) is 103 Å². The minimum Gasteiger partial charge on any atom is -0.490 e. The Labute approximate surface area is 813 Å². The van der Waals surface area contributed by atoms with Gasteiger partial charge < -0.3 is 90.5 Å². The number of Topliss-reactive ketones (excluding diaryl/α,β-unsaturated/α-hetero) is 3. The van der Waals surface area contributed by atoms with Crippen LogP contribution in [0.3, 0.4) is 0 Å². The highest BCUT2D eigenvalue weighted by atomic mass is 16.6. The first-order valence-corrected chi connectivity index (χ1v) is 45.5. The van der Waals surface area contributed by atoms with E-state index in [-0.39, 0.29) is 178 Å². The lowest BCUT2D eigenvalue weighted by atomic mass is 9.64. The van der Waals surface area contributed by atoms with Crippen molar-refractivity contribution in [2.45, 2.75) is 293 Å². The number of carbonyl (C=O) groups is 20. The summed E-state index contributed by atoms with van der Waals surface area (Å²) in [5.41, 5.74) is -5.56. The molecule has 0 aliphatic carbocycles. The molecule has 0 saturated carbocycles. The number of methoxy groups -OCH3 is 1. The van der Waals surface area contributed by atoms with E-state index < -0.39 is 196 Å². The van der Waals surface area contributed by atoms with Crippen molar-refractivity contribution in [2.75, 3.05) is 119 Å². The third-order valence-electron chi connectivity index (χ3n) is 24.9. The Morgan fingerprint density at radius 1 is 0.435 bits per heavy atom. The van der Waals surface area contributed by atoms with Crippen molar-refractivity contribution in [1.82, 2.24) is 14.7 Å². The van der Waals surface area contributed by atoms with E-state index in [9.17, 15) is 95.9 Å². The average Bonchev–Trinajstić information content (AvgIpc) is 1.59. The number of epoxide rings is 1. The molecule has 3 amide bonds. The summed E-state index contributed by atoms with van der Waals surface area (Å²) < 4.78 is 84.3. The fraction of sp³-hybridized carbons (Fsp3) is 0.737. The van der Waals surface area contributed by atoms with E-state index in [0.717, 1.165) is 0 Å². The van der Waals surface area contributed by atoms with Gasteiger partial charge in [-0.15, -0.1) is 0 Å². The molecule has 7 heterocycles. The summed E-state index contributed by atoms with van der Waals surface area (Å²) in [5, 5.41) is 0. The van der Waals surface area contributed by atoms with Gasteiger partial charge in [-0.1, -0.05) is 97.4 Å². The Kier molecular flexibility index (Phi) is 57.1. The molecule has 0 N–H and O–H groups in total. The molecule has 1 aromatic rings. The van der Waals surface area contributed by atoms with Crippen LogP contribution in [-0.4, -0.2) is 283 Å². The van der Waals surface area contributed by atoms with Crippen LogP contribution in [-0.2, 0) is 167 Å². The summed E-state index contributed by atoms with van der Waals surface area (Å²) in [6, 6.07) is 7.13. The second-order valence-electron chi connectivity index (χ2n) is 35.3. The number of cyclic esters (lactones) is 6. The molecule has 7 aliphatic rings. The standard InChI is InChI=1S/C34H53NO14.C34H45NO12.C25H35NO10.6CH4/c1-7-24(35-13-9-10-25(35)37)27-28(30(40)49-29(27)39)34(5,32(42)48-21-20-46-26(38)22-23(3)36)12-11-33(4,8-2)31(41)47-19-18-45-17-16-44-15-14-43-6;1-5-23(30(39)45-19-17-43-24-11-8-7-9-12-24)14-15-34(4,33(42)46-20-18-44-27(38)21-22(3)36)29-28(31(40)47-32(29)41)25(6-2)35-16-10-13-26(35)37;1-5-18(26-8-6-7-19(26)28)21-17(22(30)36-23(21)31)10-15(35-20(29)9-14(2)27)11-25(3,4)24(32)34-13-16-12-33-16;;;;;;/h24,27-28H,7-22H2,1-6H3;7-9,11-12,23,25,28-29H,5-6,10,13-21H2,1-4H3;15-18,21H,5-13H2,1-4H3;6*1H4. The smallest absolute Gasteiger partial charge is 0.319 e. The highest BCUT2D eigenvalue weighted by Crippen LogP contribution is 2.51. The third kappa shape index (κ3) is 37.2. The number of likely N-dealkylation sites (tertiary alicyclic amines) is 3. The maximum absolute atomic E-state index is 13.9. The molecule has 0 radical (unpaired) electrons. The predicted molar refractivity (Wildman–Crippen MR) is 497 cm³/mol. The van der Waals surface area contributed by atoms with E-state index >= 15 is 0 Å². The Morgan fingerprint density at radius 3 is 1.25 bits per heavy atom. The van der Waals surface area contributed by atoms with E-state index in [1.807, 2.05) is 25.1 Å². The van der Waals surface area contributed by atoms with Crippen molar-refractivity contribution in [3.8, 4) is 5.75 Å². The Bertz CT molecular complexity index is 4200. The van der Waals surface area contributed by atoms with Crippen LogP contribution >= 0.6 is 0 Å². The molecular weight excluding hydrogens is 1810 g/mol. The van der Waals surface area contributed by atoms with Crippen LogP contribution in [0.5, 0.6) is 5.75 Å². The van der Waals surface area contributed by atoms with E-state index in [0.29, 0.717) is 129 Å². The van der Waals surface area contributed by atoms with Gasteiger partial charge in [0.1, 0.15) is 107 Å². The fourth-order valence-electron chi connectivity index (χ4n) is 17.3. The summed E-state index contributed by atoms with van der Waals surface area (Å²) in [6.07, 6.45) is 2.18. The fourth-order valence-corrected chi connectivity index (χ4v) is 17.3. The van der Waals surface area contributed by atoms with Crippen molar-refractivity contribution in [3.05, 3.63) is 30.3 Å². The lowest BCUT2D eigenvalue weighted by Crippen LogP contribution is -2.51. The topological polar surface area (TPSA) is 502 Å². The van der Waals surface area contributed by atoms with Crippen LogP contribution in [0.25, 0.3) is 0 Å². The molecule has 138 heavy (non-hydrogen) atoms. The molecule has 1 aromatic carbocycles. The van der Waals surface area contributed by atoms with Crippen LogP contribution in [0.4, 0.5) is 0 Å². The van der Waals surface area contributed by atoms with Gasteiger partial charge in [0.25, 0.3) is 0 Å². The number of esters is 14.